The number of pyridine rings is 1. The Bertz CT molecular complexity index is 1460. The molecule has 0 spiro atoms. The molecule has 34 heavy (non-hydrogen) atoms. The maximum atomic E-state index is 14.3. The van der Waals surface area contributed by atoms with Gasteiger partial charge in [0.05, 0.1) is 29.2 Å². The van der Waals surface area contributed by atoms with Crippen molar-refractivity contribution < 1.29 is 9.13 Å². The highest BCUT2D eigenvalue weighted by molar-refractivity contribution is 7.22. The van der Waals surface area contributed by atoms with Gasteiger partial charge in [0.1, 0.15) is 5.75 Å². The molecule has 1 aliphatic heterocycles. The maximum Gasteiger partial charge on any atom is 0.255 e. The molecule has 0 N–H and O–H groups in total. The number of halogens is 1. The summed E-state index contributed by atoms with van der Waals surface area (Å²) >= 11 is 1.68. The van der Waals surface area contributed by atoms with E-state index in [9.17, 15) is 9.18 Å². The number of anilines is 2. The minimum atomic E-state index is -0.496. The Morgan fingerprint density at radius 3 is 2.71 bits per heavy atom. The van der Waals surface area contributed by atoms with Crippen molar-refractivity contribution in [1.82, 2.24) is 19.5 Å². The normalized spacial score (nSPS) is 21.1. The third-order valence-electron chi connectivity index (χ3n) is 6.93. The number of aromatic nitrogens is 4. The van der Waals surface area contributed by atoms with Crippen LogP contribution in [0.2, 0.25) is 0 Å². The number of hydrogen-bond acceptors (Lipinski definition) is 8. The van der Waals surface area contributed by atoms with Gasteiger partial charge in [-0.2, -0.15) is 0 Å². The predicted octanol–water partition coefficient (Wildman–Crippen LogP) is 3.17. The molecule has 0 amide bonds. The summed E-state index contributed by atoms with van der Waals surface area (Å²) in [6, 6.07) is 9.13. The van der Waals surface area contributed by atoms with E-state index in [1.54, 1.807) is 25.5 Å². The molecular weight excluding hydrogens is 455 g/mol. The van der Waals surface area contributed by atoms with E-state index in [-0.39, 0.29) is 17.2 Å². The number of ether oxygens (including phenoxy) is 1. The monoisotopic (exact) mass is 478 g/mol. The summed E-state index contributed by atoms with van der Waals surface area (Å²) < 4.78 is 22.2. The summed E-state index contributed by atoms with van der Waals surface area (Å²) in [7, 11) is 5.33. The molecule has 1 aliphatic carbocycles. The van der Waals surface area contributed by atoms with Gasteiger partial charge < -0.3 is 14.5 Å². The summed E-state index contributed by atoms with van der Waals surface area (Å²) in [4.78, 5) is 30.3. The van der Waals surface area contributed by atoms with Gasteiger partial charge in [-0.1, -0.05) is 11.3 Å². The van der Waals surface area contributed by atoms with E-state index in [1.807, 2.05) is 25.2 Å². The molecule has 0 unspecified atom stereocenters. The smallest absolute Gasteiger partial charge is 0.255 e. The zero-order valence-corrected chi connectivity index (χ0v) is 19.8. The number of thiazole rings is 1. The maximum absolute atomic E-state index is 14.3. The number of benzene rings is 1. The minimum Gasteiger partial charge on any atom is -0.497 e. The lowest BCUT2D eigenvalue weighted by Crippen LogP contribution is -2.36. The second-order valence-electron chi connectivity index (χ2n) is 8.86. The highest BCUT2D eigenvalue weighted by Crippen LogP contribution is 2.51. The highest BCUT2D eigenvalue weighted by Gasteiger charge is 2.58. The van der Waals surface area contributed by atoms with E-state index in [2.05, 4.69) is 19.8 Å². The molecule has 0 bridgehead atoms. The van der Waals surface area contributed by atoms with Crippen LogP contribution in [0.4, 0.5) is 15.5 Å². The van der Waals surface area contributed by atoms with Crippen LogP contribution in [0.25, 0.3) is 21.5 Å². The lowest BCUT2D eigenvalue weighted by molar-refractivity contribution is 0.415. The van der Waals surface area contributed by atoms with Crippen LogP contribution in [-0.4, -0.2) is 52.8 Å². The summed E-state index contributed by atoms with van der Waals surface area (Å²) in [5.41, 5.74) is 1.36. The number of piperidine rings is 1. The number of nitrogens with zero attached hydrogens (tertiary/aromatic N) is 6. The highest BCUT2D eigenvalue weighted by atomic mass is 32.1. The van der Waals surface area contributed by atoms with Crippen LogP contribution in [0.1, 0.15) is 0 Å². The lowest BCUT2D eigenvalue weighted by Gasteiger charge is -2.26. The zero-order chi connectivity index (χ0) is 23.6. The molecule has 2 aliphatic rings. The molecule has 3 aromatic heterocycles. The Morgan fingerprint density at radius 2 is 1.97 bits per heavy atom. The Balaban J connectivity index is 1.22. The Hall–Kier alpha value is -3.53. The summed E-state index contributed by atoms with van der Waals surface area (Å²) in [5.74, 6) is 1.80. The van der Waals surface area contributed by atoms with Gasteiger partial charge in [0, 0.05) is 62.9 Å². The Morgan fingerprint density at radius 1 is 1.18 bits per heavy atom. The fourth-order valence-corrected chi connectivity index (χ4v) is 6.09. The van der Waals surface area contributed by atoms with Gasteiger partial charge in [0.15, 0.2) is 10.9 Å². The first-order valence-electron chi connectivity index (χ1n) is 11.0. The van der Waals surface area contributed by atoms with Gasteiger partial charge in [-0.25, -0.2) is 14.4 Å². The van der Waals surface area contributed by atoms with Gasteiger partial charge in [0.2, 0.25) is 5.95 Å². The van der Waals surface area contributed by atoms with Crippen LogP contribution >= 0.6 is 11.3 Å². The molecule has 6 rings (SSSR count). The van der Waals surface area contributed by atoms with Crippen molar-refractivity contribution in [1.29, 1.82) is 0 Å². The van der Waals surface area contributed by atoms with Crippen molar-refractivity contribution in [2.45, 2.75) is 6.04 Å². The van der Waals surface area contributed by atoms with Crippen LogP contribution in [0.3, 0.4) is 0 Å². The van der Waals surface area contributed by atoms with Gasteiger partial charge in [-0.3, -0.25) is 14.3 Å². The van der Waals surface area contributed by atoms with E-state index >= 15 is 0 Å². The van der Waals surface area contributed by atoms with Crippen molar-refractivity contribution >= 4 is 32.6 Å². The average molecular weight is 479 g/mol. The lowest BCUT2D eigenvalue weighted by atomic mass is 10.2. The molecule has 1 saturated heterocycles. The Kier molecular flexibility index (Phi) is 4.80. The van der Waals surface area contributed by atoms with E-state index in [4.69, 9.17) is 9.72 Å². The second-order valence-corrected chi connectivity index (χ2v) is 9.87. The first-order chi connectivity index (χ1) is 16.4. The standard InChI is InChI=1S/C24H23FN6O2S/c1-29-21(32)9-19(14-6-7-26-10-17(14)25)27-23(29)30(2)22-15-11-31(12-16(15)22)24-28-18-5-4-13(33-3)8-20(18)34-24/h4-10,15-16,22H,11-12H2,1-3H3/t15-,16+,22+. The van der Waals surface area contributed by atoms with Crippen LogP contribution in [0.5, 0.6) is 5.75 Å². The van der Waals surface area contributed by atoms with Crippen molar-refractivity contribution in [2.24, 2.45) is 18.9 Å². The molecule has 4 heterocycles. The van der Waals surface area contributed by atoms with Crippen LogP contribution in [0, 0.1) is 17.7 Å². The van der Waals surface area contributed by atoms with Crippen molar-refractivity contribution in [3.05, 3.63) is 58.9 Å². The van der Waals surface area contributed by atoms with E-state index in [1.165, 1.54) is 22.9 Å². The zero-order valence-electron chi connectivity index (χ0n) is 19.0. The van der Waals surface area contributed by atoms with Gasteiger partial charge in [0.25, 0.3) is 5.56 Å². The summed E-state index contributed by atoms with van der Waals surface area (Å²) in [6.07, 6.45) is 2.63. The molecule has 4 aromatic rings. The fraction of sp³-hybridized carbons (Fsp3) is 0.333. The van der Waals surface area contributed by atoms with Gasteiger partial charge in [-0.15, -0.1) is 0 Å². The molecule has 2 fully saturated rings. The SMILES string of the molecule is COc1ccc2nc(N3C[C@@H]4[C@H](C3)[C@H]4N(C)c3nc(-c4ccncc4F)cc(=O)n3C)sc2c1. The third-order valence-corrected chi connectivity index (χ3v) is 8.00. The first-order valence-corrected chi connectivity index (χ1v) is 11.9. The molecule has 0 radical (unpaired) electrons. The summed E-state index contributed by atoms with van der Waals surface area (Å²) in [5, 5.41) is 1.03. The fourth-order valence-electron chi connectivity index (χ4n) is 5.08. The third kappa shape index (κ3) is 3.32. The van der Waals surface area contributed by atoms with Crippen molar-refractivity contribution in [3.63, 3.8) is 0 Å². The van der Waals surface area contributed by atoms with E-state index < -0.39 is 5.82 Å². The second kappa shape index (κ2) is 7.76. The van der Waals surface area contributed by atoms with Crippen LogP contribution < -0.4 is 20.1 Å². The van der Waals surface area contributed by atoms with Crippen molar-refractivity contribution in [2.75, 3.05) is 37.0 Å². The summed E-state index contributed by atoms with van der Waals surface area (Å²) in [6.45, 7) is 1.81. The number of rotatable bonds is 5. The topological polar surface area (TPSA) is 76.4 Å². The Labute approximate surface area is 199 Å². The van der Waals surface area contributed by atoms with Gasteiger partial charge >= 0.3 is 0 Å². The number of fused-ring (bicyclic) bond motifs is 2. The van der Waals surface area contributed by atoms with Crippen molar-refractivity contribution in [3.8, 4) is 17.0 Å². The first kappa shape index (κ1) is 21.0. The van der Waals surface area contributed by atoms with E-state index in [0.717, 1.165) is 40.4 Å². The average Bonchev–Trinajstić information content (AvgIpc) is 3.16. The minimum absolute atomic E-state index is 0.222. The van der Waals surface area contributed by atoms with Gasteiger partial charge in [-0.05, 0) is 24.3 Å². The predicted molar refractivity (Wildman–Crippen MR) is 130 cm³/mol. The molecule has 3 atom stereocenters. The number of hydrogen-bond donors (Lipinski definition) is 0. The molecule has 1 aromatic carbocycles. The van der Waals surface area contributed by atoms with Crippen LogP contribution in [0.15, 0.2) is 47.5 Å². The number of methoxy groups -OCH3 is 1. The van der Waals surface area contributed by atoms with Crippen LogP contribution in [-0.2, 0) is 7.05 Å². The van der Waals surface area contributed by atoms with E-state index in [0.29, 0.717) is 23.5 Å². The quantitative estimate of drug-likeness (QED) is 0.436. The molecule has 1 saturated carbocycles. The molecule has 10 heteroatoms. The molecule has 174 valence electrons. The molecule has 8 nitrogen and oxygen atoms in total. The largest absolute Gasteiger partial charge is 0.497 e. The molecular formula is C24H23FN6O2S.